The monoisotopic (exact) mass is 495 g/mol. The van der Waals surface area contributed by atoms with Crippen molar-refractivity contribution < 1.29 is 9.53 Å². The van der Waals surface area contributed by atoms with E-state index in [-0.39, 0.29) is 18.5 Å². The molecule has 34 heavy (non-hydrogen) atoms. The van der Waals surface area contributed by atoms with Crippen molar-refractivity contribution in [1.82, 2.24) is 19.7 Å². The van der Waals surface area contributed by atoms with Gasteiger partial charge in [-0.05, 0) is 37.1 Å². The van der Waals surface area contributed by atoms with Gasteiger partial charge in [0.15, 0.2) is 11.3 Å². The summed E-state index contributed by atoms with van der Waals surface area (Å²) in [6, 6.07) is 15.0. The van der Waals surface area contributed by atoms with E-state index in [1.165, 1.54) is 6.33 Å². The number of hydrogen-bond acceptors (Lipinski definition) is 6. The largest absolute Gasteiger partial charge is 0.464 e. The molecule has 0 amide bonds. The van der Waals surface area contributed by atoms with Crippen molar-refractivity contribution in [2.24, 2.45) is 5.92 Å². The highest BCUT2D eigenvalue weighted by Gasteiger charge is 2.24. The van der Waals surface area contributed by atoms with Crippen molar-refractivity contribution in [3.05, 3.63) is 64.9 Å². The Kier molecular flexibility index (Phi) is 6.65. The second-order valence-corrected chi connectivity index (χ2v) is 9.06. The predicted octanol–water partition coefficient (Wildman–Crippen LogP) is 5.93. The summed E-state index contributed by atoms with van der Waals surface area (Å²) in [6.45, 7) is 0.676. The first kappa shape index (κ1) is 22.6. The van der Waals surface area contributed by atoms with E-state index in [9.17, 15) is 4.79 Å². The van der Waals surface area contributed by atoms with E-state index in [1.54, 1.807) is 4.68 Å². The number of anilines is 1. The Morgan fingerprint density at radius 3 is 2.56 bits per heavy atom. The Hall–Kier alpha value is -3.16. The Morgan fingerprint density at radius 1 is 1.03 bits per heavy atom. The van der Waals surface area contributed by atoms with Crippen molar-refractivity contribution in [1.29, 1.82) is 0 Å². The molecule has 1 saturated carbocycles. The lowest BCUT2D eigenvalue weighted by Gasteiger charge is -2.10. The average molecular weight is 496 g/mol. The van der Waals surface area contributed by atoms with Crippen LogP contribution in [0.3, 0.4) is 0 Å². The summed E-state index contributed by atoms with van der Waals surface area (Å²) in [5.74, 6) is 0.488. The van der Waals surface area contributed by atoms with Crippen molar-refractivity contribution in [3.63, 3.8) is 0 Å². The third-order valence-electron chi connectivity index (χ3n) is 5.98. The summed E-state index contributed by atoms with van der Waals surface area (Å²) in [5.41, 5.74) is 3.65. The molecule has 2 aromatic carbocycles. The van der Waals surface area contributed by atoms with Gasteiger partial charge in [-0.1, -0.05) is 60.3 Å². The molecule has 1 N–H and O–H groups in total. The highest BCUT2D eigenvalue weighted by Crippen LogP contribution is 2.34. The molecule has 7 nitrogen and oxygen atoms in total. The topological polar surface area (TPSA) is 81.9 Å². The lowest BCUT2D eigenvalue weighted by molar-refractivity contribution is -0.147. The van der Waals surface area contributed by atoms with Crippen LogP contribution in [0.1, 0.15) is 25.7 Å². The molecule has 2 heterocycles. The number of carbonyl (C=O) groups is 1. The predicted molar refractivity (Wildman–Crippen MR) is 134 cm³/mol. The maximum absolute atomic E-state index is 12.2. The number of hydrogen-bond donors (Lipinski definition) is 1. The number of rotatable bonds is 7. The van der Waals surface area contributed by atoms with Crippen LogP contribution in [0.2, 0.25) is 10.0 Å². The smallest absolute Gasteiger partial charge is 0.308 e. The summed E-state index contributed by atoms with van der Waals surface area (Å²) in [7, 11) is 0. The van der Waals surface area contributed by atoms with Gasteiger partial charge in [0.2, 0.25) is 0 Å². The van der Waals surface area contributed by atoms with E-state index in [1.807, 2.05) is 48.5 Å². The zero-order valence-electron chi connectivity index (χ0n) is 18.4. The van der Waals surface area contributed by atoms with Crippen molar-refractivity contribution in [3.8, 4) is 16.9 Å². The molecule has 174 valence electrons. The molecule has 1 fully saturated rings. The molecule has 0 radical (unpaired) electrons. The summed E-state index contributed by atoms with van der Waals surface area (Å²) in [6.07, 6.45) is 5.53. The molecule has 9 heteroatoms. The van der Waals surface area contributed by atoms with Gasteiger partial charge in [0.1, 0.15) is 24.1 Å². The fraction of sp³-hybridized carbons (Fsp3) is 0.280. The lowest BCUT2D eigenvalue weighted by atomic mass is 10.1. The Bertz CT molecular complexity index is 1320. The quantitative estimate of drug-likeness (QED) is 0.252. The van der Waals surface area contributed by atoms with E-state index in [0.717, 1.165) is 42.6 Å². The number of ether oxygens (including phenoxy) is 1. The molecule has 0 saturated heterocycles. The standard InChI is InChI=1S/C25H23Cl2N5O2/c26-18-11-9-16(10-12-18)23-21-22(31-32(23)20-8-4-3-7-19(20)27)24(30-15-29-21)28-13-14-34-25(33)17-5-1-2-6-17/h3-4,7-12,15,17H,1-2,5-6,13-14H2,(H,28,29,30). The third kappa shape index (κ3) is 4.58. The summed E-state index contributed by atoms with van der Waals surface area (Å²) < 4.78 is 7.23. The SMILES string of the molecule is O=C(OCCNc1ncnc2c(-c3ccc(Cl)cc3)n(-c3ccccc3Cl)nc12)C1CCCC1. The van der Waals surface area contributed by atoms with Gasteiger partial charge in [0, 0.05) is 10.6 Å². The highest BCUT2D eigenvalue weighted by molar-refractivity contribution is 6.32. The summed E-state index contributed by atoms with van der Waals surface area (Å²) in [5, 5.41) is 9.27. The number of benzene rings is 2. The molecular weight excluding hydrogens is 473 g/mol. The minimum absolute atomic E-state index is 0.0408. The first-order chi connectivity index (χ1) is 16.6. The van der Waals surface area contributed by atoms with E-state index in [2.05, 4.69) is 15.3 Å². The fourth-order valence-corrected chi connectivity index (χ4v) is 4.63. The third-order valence-corrected chi connectivity index (χ3v) is 6.56. The van der Waals surface area contributed by atoms with Crippen LogP contribution in [0.5, 0.6) is 0 Å². The number of carbonyl (C=O) groups excluding carboxylic acids is 1. The second kappa shape index (κ2) is 9.99. The number of aromatic nitrogens is 4. The first-order valence-electron chi connectivity index (χ1n) is 11.3. The number of fused-ring (bicyclic) bond motifs is 1. The Morgan fingerprint density at radius 2 is 1.79 bits per heavy atom. The Balaban J connectivity index is 1.46. The first-order valence-corrected chi connectivity index (χ1v) is 12.0. The normalized spacial score (nSPS) is 13.9. The molecule has 0 atom stereocenters. The van der Waals surface area contributed by atoms with E-state index < -0.39 is 0 Å². The molecule has 0 bridgehead atoms. The minimum atomic E-state index is -0.111. The zero-order valence-corrected chi connectivity index (χ0v) is 19.9. The van der Waals surface area contributed by atoms with Crippen LogP contribution in [0.4, 0.5) is 5.82 Å². The minimum Gasteiger partial charge on any atom is -0.464 e. The van der Waals surface area contributed by atoms with Gasteiger partial charge in [0.25, 0.3) is 0 Å². The summed E-state index contributed by atoms with van der Waals surface area (Å²) >= 11 is 12.6. The van der Waals surface area contributed by atoms with Gasteiger partial charge in [-0.2, -0.15) is 5.10 Å². The number of nitrogens with one attached hydrogen (secondary N) is 1. The lowest BCUT2D eigenvalue weighted by Crippen LogP contribution is -2.19. The molecule has 2 aromatic heterocycles. The van der Waals surface area contributed by atoms with Crippen molar-refractivity contribution in [2.45, 2.75) is 25.7 Å². The zero-order chi connectivity index (χ0) is 23.5. The van der Waals surface area contributed by atoms with Crippen LogP contribution in [-0.2, 0) is 9.53 Å². The van der Waals surface area contributed by atoms with Gasteiger partial charge >= 0.3 is 5.97 Å². The van der Waals surface area contributed by atoms with Crippen molar-refractivity contribution in [2.75, 3.05) is 18.5 Å². The van der Waals surface area contributed by atoms with Crippen LogP contribution in [-0.4, -0.2) is 38.9 Å². The van der Waals surface area contributed by atoms with Crippen molar-refractivity contribution >= 4 is 46.0 Å². The van der Waals surface area contributed by atoms with E-state index in [0.29, 0.717) is 33.4 Å². The van der Waals surface area contributed by atoms with Crippen LogP contribution < -0.4 is 5.32 Å². The molecule has 0 unspecified atom stereocenters. The molecular formula is C25H23Cl2N5O2. The van der Waals surface area contributed by atoms with Gasteiger partial charge in [-0.15, -0.1) is 0 Å². The molecule has 1 aliphatic rings. The van der Waals surface area contributed by atoms with Crippen LogP contribution >= 0.6 is 23.2 Å². The molecule has 0 spiro atoms. The van der Waals surface area contributed by atoms with Crippen LogP contribution in [0, 0.1) is 5.92 Å². The van der Waals surface area contributed by atoms with Gasteiger partial charge in [0.05, 0.1) is 23.2 Å². The van der Waals surface area contributed by atoms with Crippen LogP contribution in [0.25, 0.3) is 28.0 Å². The van der Waals surface area contributed by atoms with Gasteiger partial charge in [-0.3, -0.25) is 4.79 Å². The maximum Gasteiger partial charge on any atom is 0.308 e. The van der Waals surface area contributed by atoms with E-state index >= 15 is 0 Å². The molecule has 5 rings (SSSR count). The summed E-state index contributed by atoms with van der Waals surface area (Å²) in [4.78, 5) is 21.1. The average Bonchev–Trinajstić information content (AvgIpc) is 3.51. The molecule has 1 aliphatic carbocycles. The maximum atomic E-state index is 12.2. The second-order valence-electron chi connectivity index (χ2n) is 8.21. The number of nitrogens with zero attached hydrogens (tertiary/aromatic N) is 4. The Labute approximate surface area is 207 Å². The van der Waals surface area contributed by atoms with E-state index in [4.69, 9.17) is 33.0 Å². The fourth-order valence-electron chi connectivity index (χ4n) is 4.29. The number of esters is 1. The van der Waals surface area contributed by atoms with Gasteiger partial charge < -0.3 is 10.1 Å². The molecule has 0 aliphatic heterocycles. The number of para-hydroxylation sites is 1. The van der Waals surface area contributed by atoms with Crippen LogP contribution in [0.15, 0.2) is 54.9 Å². The van der Waals surface area contributed by atoms with Gasteiger partial charge in [-0.25, -0.2) is 14.6 Å². The molecule has 4 aromatic rings. The highest BCUT2D eigenvalue weighted by atomic mass is 35.5. The number of halogens is 2.